The van der Waals surface area contributed by atoms with Gasteiger partial charge in [0.25, 0.3) is 5.91 Å². The minimum Gasteiger partial charge on any atom is -0.320 e. The number of anilines is 1. The molecule has 0 spiro atoms. The lowest BCUT2D eigenvalue weighted by atomic mass is 10.2. The van der Waals surface area contributed by atoms with Crippen LogP contribution in [0.15, 0.2) is 75.4 Å². The van der Waals surface area contributed by atoms with Crippen LogP contribution in [0, 0.1) is 17.5 Å². The Morgan fingerprint density at radius 1 is 0.935 bits per heavy atom. The first-order chi connectivity index (χ1) is 14.7. The molecule has 0 aromatic heterocycles. The first kappa shape index (κ1) is 21.2. The minimum absolute atomic E-state index is 0.126. The highest BCUT2D eigenvalue weighted by molar-refractivity contribution is 8.04. The molecule has 4 nitrogen and oxygen atoms in total. The van der Waals surface area contributed by atoms with Crippen LogP contribution in [0.2, 0.25) is 0 Å². The Kier molecular flexibility index (Phi) is 5.63. The number of sulfone groups is 1. The van der Waals surface area contributed by atoms with E-state index in [4.69, 9.17) is 0 Å². The van der Waals surface area contributed by atoms with Crippen LogP contribution in [-0.2, 0) is 20.4 Å². The highest BCUT2D eigenvalue weighted by Gasteiger charge is 2.25. The molecule has 0 aliphatic carbocycles. The first-order valence-corrected chi connectivity index (χ1v) is 11.5. The Morgan fingerprint density at radius 3 is 2.29 bits per heavy atom. The SMILES string of the molecule is O=C1Nc2ccc(S(=O)(=O)Cc3c(F)cccc3F)cc2S/C1=C/c1ccc(F)cc1. The van der Waals surface area contributed by atoms with Crippen LogP contribution in [0.1, 0.15) is 11.1 Å². The van der Waals surface area contributed by atoms with Crippen molar-refractivity contribution < 1.29 is 26.4 Å². The van der Waals surface area contributed by atoms with E-state index < -0.39 is 38.6 Å². The number of carbonyl (C=O) groups is 1. The molecule has 0 saturated carbocycles. The van der Waals surface area contributed by atoms with Crippen LogP contribution in [-0.4, -0.2) is 14.3 Å². The van der Waals surface area contributed by atoms with Crippen LogP contribution < -0.4 is 5.32 Å². The molecule has 3 aromatic carbocycles. The molecule has 0 fully saturated rings. The van der Waals surface area contributed by atoms with Crippen molar-refractivity contribution in [3.63, 3.8) is 0 Å². The monoisotopic (exact) mass is 461 g/mol. The number of halogens is 3. The summed E-state index contributed by atoms with van der Waals surface area (Å²) in [6.07, 6.45) is 1.55. The predicted octanol–water partition coefficient (Wildman–Crippen LogP) is 5.16. The van der Waals surface area contributed by atoms with Gasteiger partial charge in [-0.1, -0.05) is 30.0 Å². The molecule has 0 unspecified atom stereocenters. The molecule has 3 aromatic rings. The van der Waals surface area contributed by atoms with Gasteiger partial charge in [0, 0.05) is 10.5 Å². The standard InChI is InChI=1S/C22H14F3NO3S2/c23-14-6-4-13(5-7-14)10-21-22(27)26-19-9-8-15(11-20(19)30-21)31(28,29)12-16-17(24)2-1-3-18(16)25/h1-11H,12H2,(H,26,27)/b21-10+. The zero-order chi connectivity index (χ0) is 22.2. The van der Waals surface area contributed by atoms with E-state index in [0.717, 1.165) is 30.0 Å². The van der Waals surface area contributed by atoms with E-state index in [9.17, 15) is 26.4 Å². The van der Waals surface area contributed by atoms with Gasteiger partial charge < -0.3 is 5.32 Å². The van der Waals surface area contributed by atoms with Crippen molar-refractivity contribution in [2.24, 2.45) is 0 Å². The van der Waals surface area contributed by atoms with Crippen molar-refractivity contribution >= 4 is 39.3 Å². The fourth-order valence-electron chi connectivity index (χ4n) is 2.98. The average Bonchev–Trinajstić information content (AvgIpc) is 2.73. The van der Waals surface area contributed by atoms with E-state index in [1.54, 1.807) is 6.08 Å². The highest BCUT2D eigenvalue weighted by atomic mass is 32.2. The summed E-state index contributed by atoms with van der Waals surface area (Å²) in [6.45, 7) is 0. The summed E-state index contributed by atoms with van der Waals surface area (Å²) in [4.78, 5) is 13.0. The van der Waals surface area contributed by atoms with Crippen LogP contribution in [0.25, 0.3) is 6.08 Å². The van der Waals surface area contributed by atoms with Crippen LogP contribution >= 0.6 is 11.8 Å². The molecular formula is C22H14F3NO3S2. The summed E-state index contributed by atoms with van der Waals surface area (Å²) >= 11 is 1.05. The second kappa shape index (κ2) is 8.24. The average molecular weight is 461 g/mol. The molecule has 1 aliphatic rings. The second-order valence-electron chi connectivity index (χ2n) is 6.73. The van der Waals surface area contributed by atoms with Crippen molar-refractivity contribution in [3.05, 3.63) is 94.1 Å². The minimum atomic E-state index is -4.05. The van der Waals surface area contributed by atoms with Crippen molar-refractivity contribution in [1.82, 2.24) is 0 Å². The van der Waals surface area contributed by atoms with E-state index in [1.165, 1.54) is 42.5 Å². The van der Waals surface area contributed by atoms with Gasteiger partial charge in [0.1, 0.15) is 17.5 Å². The third-order valence-corrected chi connectivity index (χ3v) is 7.29. The fourth-order valence-corrected chi connectivity index (χ4v) is 5.44. The topological polar surface area (TPSA) is 63.2 Å². The van der Waals surface area contributed by atoms with E-state index in [2.05, 4.69) is 5.32 Å². The quantitative estimate of drug-likeness (QED) is 0.545. The molecule has 0 bridgehead atoms. The number of rotatable bonds is 4. The maximum Gasteiger partial charge on any atom is 0.262 e. The van der Waals surface area contributed by atoms with Crippen molar-refractivity contribution in [2.75, 3.05) is 5.32 Å². The van der Waals surface area contributed by atoms with Crippen molar-refractivity contribution in [2.45, 2.75) is 15.5 Å². The van der Waals surface area contributed by atoms with E-state index >= 15 is 0 Å². The number of hydrogen-bond acceptors (Lipinski definition) is 4. The molecule has 1 heterocycles. The molecule has 9 heteroatoms. The van der Waals surface area contributed by atoms with Gasteiger partial charge in [-0.05, 0) is 54.1 Å². The lowest BCUT2D eigenvalue weighted by Gasteiger charge is -2.19. The number of nitrogens with one attached hydrogen (secondary N) is 1. The summed E-state index contributed by atoms with van der Waals surface area (Å²) in [6, 6.07) is 12.8. The smallest absolute Gasteiger partial charge is 0.262 e. The maximum atomic E-state index is 13.9. The van der Waals surface area contributed by atoms with Crippen molar-refractivity contribution in [3.8, 4) is 0 Å². The molecule has 0 atom stereocenters. The zero-order valence-electron chi connectivity index (χ0n) is 15.7. The van der Waals surface area contributed by atoms with Gasteiger partial charge in [-0.15, -0.1) is 0 Å². The number of carbonyl (C=O) groups excluding carboxylic acids is 1. The third kappa shape index (κ3) is 4.52. The zero-order valence-corrected chi connectivity index (χ0v) is 17.4. The van der Waals surface area contributed by atoms with Gasteiger partial charge in [-0.3, -0.25) is 4.79 Å². The van der Waals surface area contributed by atoms with E-state index in [1.807, 2.05) is 0 Å². The Bertz CT molecular complexity index is 1300. The molecule has 0 radical (unpaired) electrons. The maximum absolute atomic E-state index is 13.9. The lowest BCUT2D eigenvalue weighted by molar-refractivity contribution is -0.112. The van der Waals surface area contributed by atoms with Crippen LogP contribution in [0.3, 0.4) is 0 Å². The Morgan fingerprint density at radius 2 is 1.61 bits per heavy atom. The van der Waals surface area contributed by atoms with Gasteiger partial charge in [0.05, 0.1) is 21.2 Å². The molecule has 1 amide bonds. The Balaban J connectivity index is 1.65. The number of benzene rings is 3. The van der Waals surface area contributed by atoms with Gasteiger partial charge in [-0.2, -0.15) is 0 Å². The number of fused-ring (bicyclic) bond motifs is 1. The van der Waals surface area contributed by atoms with Gasteiger partial charge in [0.2, 0.25) is 0 Å². The Labute approximate surface area is 180 Å². The summed E-state index contributed by atoms with van der Waals surface area (Å²) in [7, 11) is -4.05. The highest BCUT2D eigenvalue weighted by Crippen LogP contribution is 2.40. The van der Waals surface area contributed by atoms with E-state index in [0.29, 0.717) is 16.1 Å². The van der Waals surface area contributed by atoms with Gasteiger partial charge in [0.15, 0.2) is 9.84 Å². The van der Waals surface area contributed by atoms with Crippen molar-refractivity contribution in [1.29, 1.82) is 0 Å². The molecule has 1 N–H and O–H groups in total. The fraction of sp³-hybridized carbons (Fsp3) is 0.0455. The van der Waals surface area contributed by atoms with Crippen LogP contribution in [0.4, 0.5) is 18.9 Å². The molecule has 1 aliphatic heterocycles. The van der Waals surface area contributed by atoms with Crippen LogP contribution in [0.5, 0.6) is 0 Å². The second-order valence-corrected chi connectivity index (χ2v) is 9.81. The molecular weight excluding hydrogens is 447 g/mol. The Hall–Kier alpha value is -3.04. The molecule has 158 valence electrons. The molecule has 4 rings (SSSR count). The molecule has 0 saturated heterocycles. The summed E-state index contributed by atoms with van der Waals surface area (Å²) in [5.41, 5.74) is 0.488. The third-order valence-electron chi connectivity index (χ3n) is 4.57. The summed E-state index contributed by atoms with van der Waals surface area (Å²) < 4.78 is 66.5. The number of hydrogen-bond donors (Lipinski definition) is 1. The van der Waals surface area contributed by atoms with Gasteiger partial charge in [-0.25, -0.2) is 21.6 Å². The summed E-state index contributed by atoms with van der Waals surface area (Å²) in [5.74, 6) is -3.50. The first-order valence-electron chi connectivity index (χ1n) is 8.99. The summed E-state index contributed by atoms with van der Waals surface area (Å²) in [5, 5.41) is 2.67. The number of thioether (sulfide) groups is 1. The predicted molar refractivity (Wildman–Crippen MR) is 113 cm³/mol. The molecule has 31 heavy (non-hydrogen) atoms. The largest absolute Gasteiger partial charge is 0.320 e. The lowest BCUT2D eigenvalue weighted by Crippen LogP contribution is -2.18. The normalized spacial score (nSPS) is 14.9. The number of amides is 1. The van der Waals surface area contributed by atoms with Gasteiger partial charge >= 0.3 is 0 Å². The van der Waals surface area contributed by atoms with E-state index in [-0.39, 0.29) is 15.7 Å².